The van der Waals surface area contributed by atoms with Crippen molar-refractivity contribution in [1.29, 1.82) is 0 Å². The van der Waals surface area contributed by atoms with Gasteiger partial charge in [-0.1, -0.05) is 11.3 Å². The Morgan fingerprint density at radius 3 is 2.86 bits per heavy atom. The molecule has 152 valence electrons. The molecule has 0 N–H and O–H groups in total. The van der Waals surface area contributed by atoms with E-state index in [1.54, 1.807) is 6.07 Å². The highest BCUT2D eigenvalue weighted by molar-refractivity contribution is 7.22. The van der Waals surface area contributed by atoms with E-state index in [1.165, 1.54) is 23.5 Å². The van der Waals surface area contributed by atoms with E-state index in [4.69, 9.17) is 4.74 Å². The molecular weight excluding hydrogens is 380 g/mol. The lowest BCUT2D eigenvalue weighted by Crippen LogP contribution is -2.50. The number of nitro groups is 1. The lowest BCUT2D eigenvalue weighted by atomic mass is 10.0. The van der Waals surface area contributed by atoms with Crippen LogP contribution in [0.15, 0.2) is 18.2 Å². The number of likely N-dealkylation sites (tertiary alicyclic amines) is 1. The minimum absolute atomic E-state index is 0.0374. The molecule has 0 bridgehead atoms. The average molecular weight is 407 g/mol. The van der Waals surface area contributed by atoms with Gasteiger partial charge in [-0.2, -0.15) is 0 Å². The number of piperidine rings is 1. The molecule has 0 radical (unpaired) electrons. The number of fused-ring (bicyclic) bond motifs is 1. The van der Waals surface area contributed by atoms with Crippen LogP contribution in [-0.2, 0) is 4.74 Å². The van der Waals surface area contributed by atoms with Crippen LogP contribution in [0, 0.1) is 10.1 Å². The van der Waals surface area contributed by atoms with E-state index < -0.39 is 10.5 Å². The van der Waals surface area contributed by atoms with Crippen LogP contribution in [0.5, 0.6) is 0 Å². The van der Waals surface area contributed by atoms with E-state index in [0.29, 0.717) is 18.6 Å². The fourth-order valence-corrected chi connectivity index (χ4v) is 4.24. The maximum atomic E-state index is 12.6. The van der Waals surface area contributed by atoms with Crippen molar-refractivity contribution >= 4 is 38.5 Å². The Labute approximate surface area is 168 Å². The minimum Gasteiger partial charge on any atom is -0.444 e. The van der Waals surface area contributed by atoms with Crippen molar-refractivity contribution in [3.8, 4) is 0 Å². The van der Waals surface area contributed by atoms with E-state index in [-0.39, 0.29) is 17.8 Å². The Bertz CT molecular complexity index is 876. The molecule has 1 aromatic carbocycles. The molecule has 0 aliphatic carbocycles. The topological polar surface area (TPSA) is 88.8 Å². The molecule has 1 saturated heterocycles. The van der Waals surface area contributed by atoms with Gasteiger partial charge in [0.05, 0.1) is 21.2 Å². The molecular formula is C19H26N4O4S. The number of rotatable bonds is 4. The maximum absolute atomic E-state index is 12.6. The lowest BCUT2D eigenvalue weighted by Gasteiger charge is -2.38. The van der Waals surface area contributed by atoms with Crippen LogP contribution >= 0.6 is 11.3 Å². The number of non-ortho nitro benzene ring substituents is 1. The number of amides is 1. The summed E-state index contributed by atoms with van der Waals surface area (Å²) in [6.07, 6.45) is 2.69. The third-order valence-corrected chi connectivity index (χ3v) is 5.79. The van der Waals surface area contributed by atoms with Gasteiger partial charge >= 0.3 is 6.09 Å². The number of hydrogen-bond donors (Lipinski definition) is 0. The van der Waals surface area contributed by atoms with Gasteiger partial charge in [-0.25, -0.2) is 9.78 Å². The molecule has 2 heterocycles. The normalized spacial score (nSPS) is 17.6. The molecule has 28 heavy (non-hydrogen) atoms. The predicted octanol–water partition coefficient (Wildman–Crippen LogP) is 4.43. The van der Waals surface area contributed by atoms with Gasteiger partial charge in [-0.15, -0.1) is 0 Å². The number of aromatic nitrogens is 1. The zero-order valence-electron chi connectivity index (χ0n) is 16.7. The van der Waals surface area contributed by atoms with Crippen LogP contribution in [-0.4, -0.2) is 52.7 Å². The van der Waals surface area contributed by atoms with E-state index >= 15 is 0 Å². The Balaban J connectivity index is 1.74. The zero-order valence-corrected chi connectivity index (χ0v) is 17.5. The molecule has 8 nitrogen and oxygen atoms in total. The Kier molecular flexibility index (Phi) is 5.74. The molecule has 3 rings (SSSR count). The molecule has 1 fully saturated rings. The van der Waals surface area contributed by atoms with Gasteiger partial charge in [0.25, 0.3) is 5.69 Å². The number of carbonyl (C=O) groups is 1. The number of hydrogen-bond acceptors (Lipinski definition) is 7. The van der Waals surface area contributed by atoms with Gasteiger partial charge in [0.1, 0.15) is 5.60 Å². The fraction of sp³-hybridized carbons (Fsp3) is 0.579. The van der Waals surface area contributed by atoms with E-state index in [2.05, 4.69) is 4.98 Å². The fourth-order valence-electron chi connectivity index (χ4n) is 3.33. The van der Waals surface area contributed by atoms with Crippen molar-refractivity contribution in [3.05, 3.63) is 28.3 Å². The smallest absolute Gasteiger partial charge is 0.410 e. The average Bonchev–Trinajstić information content (AvgIpc) is 3.04. The molecule has 1 atom stereocenters. The van der Waals surface area contributed by atoms with E-state index in [0.717, 1.165) is 29.1 Å². The number of likely N-dealkylation sites (N-methyl/N-ethyl adjacent to an activating group) is 1. The van der Waals surface area contributed by atoms with Crippen LogP contribution < -0.4 is 4.90 Å². The summed E-state index contributed by atoms with van der Waals surface area (Å²) in [6, 6.07) is 4.78. The zero-order chi connectivity index (χ0) is 20.5. The Morgan fingerprint density at radius 2 is 2.18 bits per heavy atom. The molecule has 9 heteroatoms. The van der Waals surface area contributed by atoms with Crippen molar-refractivity contribution in [2.24, 2.45) is 0 Å². The monoisotopic (exact) mass is 406 g/mol. The van der Waals surface area contributed by atoms with Gasteiger partial charge in [-0.3, -0.25) is 10.1 Å². The first-order valence-electron chi connectivity index (χ1n) is 9.40. The van der Waals surface area contributed by atoms with Crippen molar-refractivity contribution in [1.82, 2.24) is 9.88 Å². The van der Waals surface area contributed by atoms with Crippen LogP contribution in [0.1, 0.15) is 40.0 Å². The summed E-state index contributed by atoms with van der Waals surface area (Å²) >= 11 is 1.49. The highest BCUT2D eigenvalue weighted by Gasteiger charge is 2.31. The molecule has 2 aromatic rings. The SMILES string of the molecule is CN(C[C@H]1CCCCN1C(=O)OC(C)(C)C)c1nc2cc([N+](=O)[O-])ccc2s1. The number of carbonyl (C=O) groups excluding carboxylic acids is 1. The molecule has 1 aromatic heterocycles. The Morgan fingerprint density at radius 1 is 1.43 bits per heavy atom. The molecule has 0 spiro atoms. The van der Waals surface area contributed by atoms with Crippen molar-refractivity contribution in [2.45, 2.75) is 51.7 Å². The summed E-state index contributed by atoms with van der Waals surface area (Å²) in [4.78, 5) is 31.5. The van der Waals surface area contributed by atoms with E-state index in [9.17, 15) is 14.9 Å². The number of nitro benzene ring substituents is 1. The van der Waals surface area contributed by atoms with Gasteiger partial charge in [0, 0.05) is 32.3 Å². The largest absolute Gasteiger partial charge is 0.444 e. The van der Waals surface area contributed by atoms with Crippen molar-refractivity contribution in [3.63, 3.8) is 0 Å². The highest BCUT2D eigenvalue weighted by atomic mass is 32.1. The van der Waals surface area contributed by atoms with Crippen LogP contribution in [0.25, 0.3) is 10.2 Å². The van der Waals surface area contributed by atoms with Gasteiger partial charge < -0.3 is 14.5 Å². The quantitative estimate of drug-likeness (QED) is 0.551. The lowest BCUT2D eigenvalue weighted by molar-refractivity contribution is -0.384. The van der Waals surface area contributed by atoms with E-state index in [1.807, 2.05) is 37.6 Å². The number of thiazole rings is 1. The molecule has 1 aliphatic heterocycles. The van der Waals surface area contributed by atoms with Crippen LogP contribution in [0.3, 0.4) is 0 Å². The van der Waals surface area contributed by atoms with Crippen LogP contribution in [0.2, 0.25) is 0 Å². The van der Waals surface area contributed by atoms with Crippen LogP contribution in [0.4, 0.5) is 15.6 Å². The van der Waals surface area contributed by atoms with Gasteiger partial charge in [0.15, 0.2) is 5.13 Å². The first kappa shape index (κ1) is 20.3. The predicted molar refractivity (Wildman–Crippen MR) is 110 cm³/mol. The summed E-state index contributed by atoms with van der Waals surface area (Å²) in [5.74, 6) is 0. The van der Waals surface area contributed by atoms with Gasteiger partial charge in [0.2, 0.25) is 0 Å². The second-order valence-corrected chi connectivity index (χ2v) is 9.12. The van der Waals surface area contributed by atoms with Crippen molar-refractivity contribution < 1.29 is 14.5 Å². The summed E-state index contributed by atoms with van der Waals surface area (Å²) in [5.41, 5.74) is 0.135. The number of benzene rings is 1. The minimum atomic E-state index is -0.521. The Hall–Kier alpha value is -2.42. The first-order valence-corrected chi connectivity index (χ1v) is 10.2. The summed E-state index contributed by atoms with van der Waals surface area (Å²) in [5, 5.41) is 11.8. The number of nitrogens with zero attached hydrogens (tertiary/aromatic N) is 4. The molecule has 1 amide bonds. The summed E-state index contributed by atoms with van der Waals surface area (Å²) in [6.45, 7) is 6.95. The highest BCUT2D eigenvalue weighted by Crippen LogP contribution is 2.31. The third-order valence-electron chi connectivity index (χ3n) is 4.64. The molecule has 0 saturated carbocycles. The summed E-state index contributed by atoms with van der Waals surface area (Å²) in [7, 11) is 1.94. The number of anilines is 1. The maximum Gasteiger partial charge on any atom is 0.410 e. The third kappa shape index (κ3) is 4.70. The standard InChI is InChI=1S/C19H26N4O4S/c1-19(2,3)27-18(24)22-10-6-5-7-14(22)12-21(4)17-20-15-11-13(23(25)26)8-9-16(15)28-17/h8-9,11,14H,5-7,10,12H2,1-4H3/t14-/m1/s1. The second-order valence-electron chi connectivity index (χ2n) is 8.11. The molecule has 0 unspecified atom stereocenters. The van der Waals surface area contributed by atoms with Gasteiger partial charge in [-0.05, 0) is 46.1 Å². The number of ether oxygens (including phenoxy) is 1. The van der Waals surface area contributed by atoms with Crippen molar-refractivity contribution in [2.75, 3.05) is 25.0 Å². The molecule has 1 aliphatic rings. The second kappa shape index (κ2) is 7.90. The summed E-state index contributed by atoms with van der Waals surface area (Å²) < 4.78 is 6.47. The first-order chi connectivity index (χ1) is 13.1.